The minimum atomic E-state index is 0.958. The molecule has 2 aliphatic heterocycles. The van der Waals surface area contributed by atoms with Crippen molar-refractivity contribution in [2.24, 2.45) is 0 Å². The van der Waals surface area contributed by atoms with Gasteiger partial charge < -0.3 is 0 Å². The lowest BCUT2D eigenvalue weighted by atomic mass is 10.2. The van der Waals surface area contributed by atoms with Gasteiger partial charge in [-0.05, 0) is 13.8 Å². The quantitative estimate of drug-likeness (QED) is 0.384. The second-order valence-electron chi connectivity index (χ2n) is 2.42. The zero-order valence-corrected chi connectivity index (χ0v) is 4.18. The highest BCUT2D eigenvalue weighted by molar-refractivity contribution is 5.22. The van der Waals surface area contributed by atoms with Crippen molar-refractivity contribution in [1.29, 1.82) is 0 Å². The lowest BCUT2D eigenvalue weighted by molar-refractivity contribution is 0.572. The van der Waals surface area contributed by atoms with Crippen LogP contribution in [0.4, 0.5) is 0 Å². The summed E-state index contributed by atoms with van der Waals surface area (Å²) in [6, 6.07) is 2.94. The molecule has 0 aromatic heterocycles. The fourth-order valence-electron chi connectivity index (χ4n) is 1.46. The van der Waals surface area contributed by atoms with Gasteiger partial charge in [0.15, 0.2) is 0 Å². The largest absolute Gasteiger partial charge is 0.289 e. The van der Waals surface area contributed by atoms with E-state index in [2.05, 4.69) is 18.7 Å². The minimum Gasteiger partial charge on any atom is -0.289 e. The first kappa shape index (κ1) is 3.03. The van der Waals surface area contributed by atoms with Crippen molar-refractivity contribution < 1.29 is 0 Å². The molecular formula is C5H9N. The Morgan fingerprint density at radius 2 is 1.50 bits per heavy atom. The molecule has 0 aromatic carbocycles. The van der Waals surface area contributed by atoms with E-state index in [1.165, 1.54) is 0 Å². The lowest BCUT2D eigenvalue weighted by Gasteiger charge is -1.94. The molecule has 2 saturated heterocycles. The monoisotopic (exact) mass is 83.1 g/mol. The minimum absolute atomic E-state index is 0.958. The molecule has 2 heterocycles. The Balaban J connectivity index is 2.06. The highest BCUT2D eigenvalue weighted by atomic mass is 15.5. The summed E-state index contributed by atoms with van der Waals surface area (Å²) in [5.41, 5.74) is 0. The first-order valence-corrected chi connectivity index (χ1v) is 2.60. The van der Waals surface area contributed by atoms with Crippen molar-refractivity contribution in [1.82, 2.24) is 4.90 Å². The summed E-state index contributed by atoms with van der Waals surface area (Å²) in [5, 5.41) is 0. The van der Waals surface area contributed by atoms with Gasteiger partial charge in [0.05, 0.1) is 0 Å². The van der Waals surface area contributed by atoms with Crippen molar-refractivity contribution in [2.45, 2.75) is 32.0 Å². The van der Waals surface area contributed by atoms with Gasteiger partial charge in [-0.15, -0.1) is 0 Å². The Kier molecular flexibility index (Phi) is 0.274. The fraction of sp³-hybridized carbons (Fsp3) is 1.00. The van der Waals surface area contributed by atoms with Gasteiger partial charge in [-0.2, -0.15) is 0 Å². The van der Waals surface area contributed by atoms with Gasteiger partial charge >= 0.3 is 0 Å². The topological polar surface area (TPSA) is 3.01 Å². The number of nitrogens with zero attached hydrogens (tertiary/aromatic N) is 1. The van der Waals surface area contributed by atoms with Crippen molar-refractivity contribution >= 4 is 0 Å². The third-order valence-electron chi connectivity index (χ3n) is 2.09. The summed E-state index contributed by atoms with van der Waals surface area (Å²) >= 11 is 0. The summed E-state index contributed by atoms with van der Waals surface area (Å²) in [5.74, 6) is 0. The molecule has 2 unspecified atom stereocenters. The maximum Gasteiger partial charge on any atom is 0.0409 e. The molecule has 6 heavy (non-hydrogen) atoms. The van der Waals surface area contributed by atoms with E-state index in [9.17, 15) is 0 Å². The van der Waals surface area contributed by atoms with E-state index in [1.807, 2.05) is 0 Å². The first-order valence-electron chi connectivity index (χ1n) is 2.60. The van der Waals surface area contributed by atoms with Crippen LogP contribution in [0.25, 0.3) is 0 Å². The third kappa shape index (κ3) is 0.136. The summed E-state index contributed by atoms with van der Waals surface area (Å²) in [6.45, 7) is 4.56. The number of fused-ring (bicyclic) bond motifs is 1. The molecule has 2 aliphatic rings. The van der Waals surface area contributed by atoms with Gasteiger partial charge in [0.1, 0.15) is 0 Å². The molecule has 0 aliphatic carbocycles. The Bertz CT molecular complexity index is 69.9. The molecular weight excluding hydrogens is 74.1 g/mol. The molecule has 1 nitrogen and oxygen atoms in total. The summed E-state index contributed by atoms with van der Waals surface area (Å²) in [6.07, 6.45) is 0. The second kappa shape index (κ2) is 0.544. The molecule has 2 rings (SSSR count). The van der Waals surface area contributed by atoms with Gasteiger partial charge in [-0.1, -0.05) is 0 Å². The molecule has 0 bridgehead atoms. The SMILES string of the molecule is CC1C2C(C)N12. The normalized spacial score (nSPS) is 73.0. The van der Waals surface area contributed by atoms with Crippen molar-refractivity contribution in [2.75, 3.05) is 0 Å². The smallest absolute Gasteiger partial charge is 0.0409 e. The predicted octanol–water partition coefficient (Wildman–Crippen LogP) is 0.461. The predicted molar refractivity (Wildman–Crippen MR) is 24.6 cm³/mol. The Morgan fingerprint density at radius 3 is 1.50 bits per heavy atom. The van der Waals surface area contributed by atoms with Crippen LogP contribution in [0.1, 0.15) is 13.8 Å². The van der Waals surface area contributed by atoms with E-state index in [0.717, 1.165) is 18.1 Å². The van der Waals surface area contributed by atoms with Gasteiger partial charge in [-0.25, -0.2) is 0 Å². The average molecular weight is 83.1 g/mol. The zero-order valence-electron chi connectivity index (χ0n) is 4.18. The third-order valence-corrected chi connectivity index (χ3v) is 2.09. The molecule has 34 valence electrons. The Morgan fingerprint density at radius 1 is 1.17 bits per heavy atom. The molecule has 1 heteroatoms. The van der Waals surface area contributed by atoms with Crippen molar-refractivity contribution in [3.63, 3.8) is 0 Å². The molecule has 0 aromatic rings. The highest BCUT2D eigenvalue weighted by Crippen LogP contribution is 2.50. The fourth-order valence-corrected chi connectivity index (χ4v) is 1.46. The van der Waals surface area contributed by atoms with E-state index >= 15 is 0 Å². The average Bonchev–Trinajstić information content (AvgIpc) is 2.28. The van der Waals surface area contributed by atoms with Crippen LogP contribution in [-0.4, -0.2) is 23.0 Å². The molecule has 0 amide bonds. The van der Waals surface area contributed by atoms with Crippen LogP contribution in [0.5, 0.6) is 0 Å². The van der Waals surface area contributed by atoms with E-state index in [4.69, 9.17) is 0 Å². The first-order chi connectivity index (χ1) is 2.82. The Hall–Kier alpha value is -0.0400. The van der Waals surface area contributed by atoms with E-state index in [1.54, 1.807) is 0 Å². The van der Waals surface area contributed by atoms with Crippen LogP contribution in [0.15, 0.2) is 0 Å². The van der Waals surface area contributed by atoms with Crippen molar-refractivity contribution in [3.8, 4) is 0 Å². The van der Waals surface area contributed by atoms with Crippen LogP contribution in [0, 0.1) is 0 Å². The lowest BCUT2D eigenvalue weighted by Crippen LogP contribution is -2.08. The standard InChI is InChI=1S/C5H9N/c1-3-5-4(2)6(3)5/h3-5H,1-2H3. The molecule has 2 fully saturated rings. The summed E-state index contributed by atoms with van der Waals surface area (Å²) in [7, 11) is 0. The van der Waals surface area contributed by atoms with E-state index in [0.29, 0.717) is 0 Å². The van der Waals surface area contributed by atoms with Gasteiger partial charge in [0.2, 0.25) is 0 Å². The molecule has 0 saturated carbocycles. The van der Waals surface area contributed by atoms with Crippen molar-refractivity contribution in [3.05, 3.63) is 0 Å². The number of hydrogen-bond acceptors (Lipinski definition) is 1. The van der Waals surface area contributed by atoms with Crippen LogP contribution >= 0.6 is 0 Å². The molecule has 0 N–H and O–H groups in total. The van der Waals surface area contributed by atoms with Gasteiger partial charge in [0, 0.05) is 18.1 Å². The van der Waals surface area contributed by atoms with Gasteiger partial charge in [-0.3, -0.25) is 4.90 Å². The summed E-state index contributed by atoms with van der Waals surface area (Å²) < 4.78 is 0. The van der Waals surface area contributed by atoms with Crippen LogP contribution in [0.3, 0.4) is 0 Å². The van der Waals surface area contributed by atoms with Crippen LogP contribution in [0.2, 0.25) is 0 Å². The van der Waals surface area contributed by atoms with Crippen LogP contribution < -0.4 is 0 Å². The number of hydrogen-bond donors (Lipinski definition) is 0. The maximum absolute atomic E-state index is 2.50. The second-order valence-corrected chi connectivity index (χ2v) is 2.42. The maximum atomic E-state index is 2.50. The zero-order chi connectivity index (χ0) is 4.31. The molecule has 0 radical (unpaired) electrons. The van der Waals surface area contributed by atoms with E-state index in [-0.39, 0.29) is 0 Å². The molecule has 0 spiro atoms. The van der Waals surface area contributed by atoms with Crippen LogP contribution in [-0.2, 0) is 0 Å². The highest BCUT2D eigenvalue weighted by Gasteiger charge is 2.66. The molecule has 2 atom stereocenters. The number of rotatable bonds is 0. The van der Waals surface area contributed by atoms with E-state index < -0.39 is 0 Å². The summed E-state index contributed by atoms with van der Waals surface area (Å²) in [4.78, 5) is 2.50. The van der Waals surface area contributed by atoms with Gasteiger partial charge in [0.25, 0.3) is 0 Å². The Labute approximate surface area is 37.9 Å².